The minimum Gasteiger partial charge on any atom is -0.457 e. The van der Waals surface area contributed by atoms with E-state index in [2.05, 4.69) is 224 Å². The monoisotopic (exact) mass is 849 g/mol. The fourth-order valence-electron chi connectivity index (χ4n) is 9.85. The Kier molecular flexibility index (Phi) is 8.66. The van der Waals surface area contributed by atoms with Crippen molar-refractivity contribution in [3.8, 4) is 28.4 Å². The summed E-state index contributed by atoms with van der Waals surface area (Å²) in [5.74, 6) is 2.43. The molecule has 7 heteroatoms. The summed E-state index contributed by atoms with van der Waals surface area (Å²) in [6, 6.07) is 59.0. The van der Waals surface area contributed by atoms with Crippen LogP contribution in [0.4, 0.5) is 28.4 Å². The molecular weight excluding hydrogens is 803 g/mol. The van der Waals surface area contributed by atoms with Gasteiger partial charge in [0, 0.05) is 68.1 Å². The van der Waals surface area contributed by atoms with Gasteiger partial charge in [0.1, 0.15) is 17.3 Å². The van der Waals surface area contributed by atoms with Gasteiger partial charge >= 0.3 is 0 Å². The molecule has 7 aromatic carbocycles. The molecule has 12 rings (SSSR count). The van der Waals surface area contributed by atoms with Crippen molar-refractivity contribution in [3.05, 3.63) is 199 Å². The van der Waals surface area contributed by atoms with Crippen molar-refractivity contribution < 1.29 is 4.74 Å². The largest absolute Gasteiger partial charge is 0.457 e. The topological polar surface area (TPSA) is 36.8 Å². The number of nitrogens with zero attached hydrogens (tertiary/aromatic N) is 5. The number of rotatable bonds is 6. The molecule has 0 aliphatic carbocycles. The number of hydrogen-bond donors (Lipinski definition) is 0. The van der Waals surface area contributed by atoms with Gasteiger partial charge in [-0.25, -0.2) is 4.98 Å². The maximum absolute atomic E-state index is 6.74. The fourth-order valence-corrected chi connectivity index (χ4v) is 11.0. The minimum absolute atomic E-state index is 0.0218. The molecule has 0 saturated carbocycles. The Bertz CT molecular complexity index is 3360. The SMILES string of the molecule is CC(C)(C)c1ccnc(-n2c3ccc(-c4ccccc4)cc3c3ccc(Oc4cccc(N5C=CN(c6cc7c8c(c6)C(C)(C)c6ccccc6N8c6ccccc6S7)C5)c4)cc32)c1. The van der Waals surface area contributed by atoms with Crippen LogP contribution < -0.4 is 19.4 Å². The van der Waals surface area contributed by atoms with E-state index in [-0.39, 0.29) is 10.8 Å². The van der Waals surface area contributed by atoms with Crippen molar-refractivity contribution in [2.45, 2.75) is 55.2 Å². The van der Waals surface area contributed by atoms with E-state index >= 15 is 0 Å². The highest BCUT2D eigenvalue weighted by Crippen LogP contribution is 2.60. The summed E-state index contributed by atoms with van der Waals surface area (Å²) in [6.45, 7) is 12.2. The van der Waals surface area contributed by atoms with E-state index in [0.717, 1.165) is 39.4 Å². The number of aromatic nitrogens is 2. The van der Waals surface area contributed by atoms with Crippen LogP contribution in [-0.2, 0) is 10.8 Å². The Labute approximate surface area is 378 Å². The smallest absolute Gasteiger partial charge is 0.137 e. The van der Waals surface area contributed by atoms with Crippen molar-refractivity contribution in [2.75, 3.05) is 21.4 Å². The van der Waals surface area contributed by atoms with Crippen molar-refractivity contribution in [3.63, 3.8) is 0 Å². The molecule has 9 aromatic rings. The molecule has 0 bridgehead atoms. The van der Waals surface area contributed by atoms with E-state index in [0.29, 0.717) is 6.67 Å². The fraction of sp³-hybridized carbons (Fsp3) is 0.140. The zero-order valence-electron chi connectivity index (χ0n) is 36.6. The van der Waals surface area contributed by atoms with Gasteiger partial charge < -0.3 is 19.4 Å². The summed E-state index contributed by atoms with van der Waals surface area (Å²) in [6.07, 6.45) is 6.30. The van der Waals surface area contributed by atoms with Crippen LogP contribution in [0.25, 0.3) is 38.8 Å². The normalized spacial score (nSPS) is 14.8. The molecule has 0 atom stereocenters. The lowest BCUT2D eigenvalue weighted by molar-refractivity contribution is 0.483. The first kappa shape index (κ1) is 38.5. The average molecular weight is 850 g/mol. The molecule has 0 saturated heterocycles. The number of anilines is 5. The van der Waals surface area contributed by atoms with Crippen LogP contribution in [0, 0.1) is 0 Å². The summed E-state index contributed by atoms with van der Waals surface area (Å²) in [5.41, 5.74) is 14.3. The van der Waals surface area contributed by atoms with Crippen LogP contribution in [0.1, 0.15) is 51.3 Å². The van der Waals surface area contributed by atoms with Crippen LogP contribution in [-0.4, -0.2) is 16.2 Å². The highest BCUT2D eigenvalue weighted by Gasteiger charge is 2.41. The molecule has 0 unspecified atom stereocenters. The van der Waals surface area contributed by atoms with Crippen molar-refractivity contribution in [1.29, 1.82) is 0 Å². The molecule has 6 nitrogen and oxygen atoms in total. The quantitative estimate of drug-likeness (QED) is 0.166. The Morgan fingerprint density at radius 2 is 1.34 bits per heavy atom. The Balaban J connectivity index is 0.866. The van der Waals surface area contributed by atoms with Crippen molar-refractivity contribution >= 4 is 62.0 Å². The predicted octanol–water partition coefficient (Wildman–Crippen LogP) is 15.3. The summed E-state index contributed by atoms with van der Waals surface area (Å²) in [5, 5.41) is 2.33. The number of fused-ring (bicyclic) bond motifs is 7. The van der Waals surface area contributed by atoms with Gasteiger partial charge in [-0.3, -0.25) is 4.57 Å². The second-order valence-corrected chi connectivity index (χ2v) is 19.7. The van der Waals surface area contributed by atoms with E-state index in [4.69, 9.17) is 9.72 Å². The number of para-hydroxylation sites is 2. The van der Waals surface area contributed by atoms with Gasteiger partial charge in [0.25, 0.3) is 0 Å². The Morgan fingerprint density at radius 1 is 0.578 bits per heavy atom. The number of ether oxygens (including phenoxy) is 1. The van der Waals surface area contributed by atoms with Gasteiger partial charge in [0.05, 0.1) is 34.8 Å². The van der Waals surface area contributed by atoms with Crippen LogP contribution >= 0.6 is 11.8 Å². The lowest BCUT2D eigenvalue weighted by Crippen LogP contribution is -2.33. The molecule has 64 heavy (non-hydrogen) atoms. The lowest BCUT2D eigenvalue weighted by Gasteiger charge is -2.45. The second kappa shape index (κ2) is 14.4. The second-order valence-electron chi connectivity index (χ2n) is 18.6. The third-order valence-corrected chi connectivity index (χ3v) is 14.3. The molecule has 0 fully saturated rings. The van der Waals surface area contributed by atoms with E-state index < -0.39 is 0 Å². The summed E-state index contributed by atoms with van der Waals surface area (Å²) in [4.78, 5) is 14.6. The Morgan fingerprint density at radius 3 is 2.19 bits per heavy atom. The van der Waals surface area contributed by atoms with Crippen LogP contribution in [0.3, 0.4) is 0 Å². The summed E-state index contributed by atoms with van der Waals surface area (Å²) >= 11 is 1.87. The number of pyridine rings is 1. The molecule has 0 radical (unpaired) electrons. The molecule has 0 N–H and O–H groups in total. The molecule has 5 heterocycles. The van der Waals surface area contributed by atoms with E-state index in [1.807, 2.05) is 24.0 Å². The maximum Gasteiger partial charge on any atom is 0.137 e. The third-order valence-electron chi connectivity index (χ3n) is 13.2. The highest BCUT2D eigenvalue weighted by molar-refractivity contribution is 7.99. The predicted molar refractivity (Wildman–Crippen MR) is 266 cm³/mol. The Hall–Kier alpha value is -7.22. The van der Waals surface area contributed by atoms with Crippen molar-refractivity contribution in [2.24, 2.45) is 0 Å². The summed E-state index contributed by atoms with van der Waals surface area (Å²) < 4.78 is 9.02. The number of benzene rings is 7. The van der Waals surface area contributed by atoms with Gasteiger partial charge in [-0.1, -0.05) is 119 Å². The van der Waals surface area contributed by atoms with Crippen LogP contribution in [0.2, 0.25) is 0 Å². The van der Waals surface area contributed by atoms with E-state index in [1.54, 1.807) is 0 Å². The first-order valence-electron chi connectivity index (χ1n) is 22.0. The van der Waals surface area contributed by atoms with Gasteiger partial charge in [0.15, 0.2) is 0 Å². The number of hydrogen-bond acceptors (Lipinski definition) is 6. The van der Waals surface area contributed by atoms with Gasteiger partial charge in [-0.2, -0.15) is 0 Å². The molecule has 0 amide bonds. The summed E-state index contributed by atoms with van der Waals surface area (Å²) in [7, 11) is 0. The molecule has 312 valence electrons. The molecular formula is C57H47N5OS. The third kappa shape index (κ3) is 6.21. The van der Waals surface area contributed by atoms with Crippen LogP contribution in [0.5, 0.6) is 11.5 Å². The molecule has 2 aromatic heterocycles. The van der Waals surface area contributed by atoms with Gasteiger partial charge in [-0.15, -0.1) is 0 Å². The zero-order chi connectivity index (χ0) is 43.3. The van der Waals surface area contributed by atoms with E-state index in [9.17, 15) is 0 Å². The maximum atomic E-state index is 6.74. The highest BCUT2D eigenvalue weighted by atomic mass is 32.2. The van der Waals surface area contributed by atoms with Crippen molar-refractivity contribution in [1.82, 2.24) is 9.55 Å². The molecule has 3 aliphatic rings. The first-order valence-corrected chi connectivity index (χ1v) is 22.9. The average Bonchev–Trinajstić information content (AvgIpc) is 3.94. The van der Waals surface area contributed by atoms with E-state index in [1.165, 1.54) is 65.7 Å². The zero-order valence-corrected chi connectivity index (χ0v) is 37.4. The van der Waals surface area contributed by atoms with Crippen LogP contribution in [0.15, 0.2) is 192 Å². The molecule has 0 spiro atoms. The van der Waals surface area contributed by atoms with Gasteiger partial charge in [-0.05, 0) is 112 Å². The van der Waals surface area contributed by atoms with Gasteiger partial charge in [0.2, 0.25) is 0 Å². The molecule has 3 aliphatic heterocycles. The first-order chi connectivity index (χ1) is 31.1. The minimum atomic E-state index is -0.176. The standard InChI is InChI=1S/C57H47N5OS/c1-56(2,3)39-26-27-58-54(31-39)61-48-25-22-38(37-14-7-6-8-15-37)30-45(48)44-24-23-43(35-51(44)61)63-42-17-13-16-40(32-42)59-28-29-60(36-59)41-33-47-55-53(34-41)64-52-21-12-11-20-50(52)62(55)49-19-10-9-18-46(49)57(47,4)5/h6-35H,36H2,1-5H3. The lowest BCUT2D eigenvalue weighted by atomic mass is 9.73.